The summed E-state index contributed by atoms with van der Waals surface area (Å²) in [5.41, 5.74) is -0.564. The van der Waals surface area contributed by atoms with Gasteiger partial charge in [-0.25, -0.2) is 4.79 Å². The van der Waals surface area contributed by atoms with Crippen molar-refractivity contribution in [1.29, 1.82) is 0 Å². The summed E-state index contributed by atoms with van der Waals surface area (Å²) in [6.07, 6.45) is 7.50. The quantitative estimate of drug-likeness (QED) is 0.616. The molecule has 0 aromatic rings. The van der Waals surface area contributed by atoms with Gasteiger partial charge in [-0.1, -0.05) is 18.2 Å². The Morgan fingerprint density at radius 2 is 2.32 bits per heavy atom. The number of allylic oxidation sites excluding steroid dienone is 3. The number of ether oxygens (including phenoxy) is 1. The molecule has 19 heavy (non-hydrogen) atoms. The predicted octanol–water partition coefficient (Wildman–Crippen LogP) is 2.86. The number of aldehydes is 1. The summed E-state index contributed by atoms with van der Waals surface area (Å²) < 4.78 is 5.13. The summed E-state index contributed by atoms with van der Waals surface area (Å²) in [6, 6.07) is -0.528. The number of nitrogens with one attached hydrogen (secondary N) is 1. The summed E-state index contributed by atoms with van der Waals surface area (Å²) in [4.78, 5) is 23.5. The van der Waals surface area contributed by atoms with Gasteiger partial charge < -0.3 is 14.8 Å². The maximum Gasteiger partial charge on any atom is 0.408 e. The first-order valence-electron chi connectivity index (χ1n) is 6.32. The summed E-state index contributed by atoms with van der Waals surface area (Å²) >= 11 is 4.23. The fourth-order valence-electron chi connectivity index (χ4n) is 1.76. The Balaban J connectivity index is 2.44. The Bertz CT molecular complexity index is 396. The molecule has 1 N–H and O–H groups in total. The van der Waals surface area contributed by atoms with Crippen LogP contribution in [0.25, 0.3) is 0 Å². The molecule has 0 saturated carbocycles. The molecule has 0 radical (unpaired) electrons. The van der Waals surface area contributed by atoms with Crippen molar-refractivity contribution in [3.8, 4) is 0 Å². The lowest BCUT2D eigenvalue weighted by Crippen LogP contribution is -2.40. The molecule has 2 unspecified atom stereocenters. The first kappa shape index (κ1) is 15.8. The Morgan fingerprint density at radius 1 is 1.63 bits per heavy atom. The molecular formula is C14H21NO3S. The molecule has 0 spiro atoms. The van der Waals surface area contributed by atoms with Crippen molar-refractivity contribution >= 4 is 25.0 Å². The second-order valence-electron chi connectivity index (χ2n) is 5.61. The second-order valence-corrected chi connectivity index (χ2v) is 6.12. The Kier molecular flexibility index (Phi) is 5.66. The predicted molar refractivity (Wildman–Crippen MR) is 78.2 cm³/mol. The van der Waals surface area contributed by atoms with Gasteiger partial charge in [-0.05, 0) is 44.4 Å². The Hall–Kier alpha value is -1.23. The van der Waals surface area contributed by atoms with Gasteiger partial charge in [-0.3, -0.25) is 0 Å². The molecular weight excluding hydrogens is 262 g/mol. The summed E-state index contributed by atoms with van der Waals surface area (Å²) in [7, 11) is 0. The molecule has 1 amide bonds. The van der Waals surface area contributed by atoms with Gasteiger partial charge in [-0.2, -0.15) is 0 Å². The zero-order chi connectivity index (χ0) is 14.5. The first-order valence-corrected chi connectivity index (χ1v) is 6.77. The van der Waals surface area contributed by atoms with Crippen LogP contribution in [0.5, 0.6) is 0 Å². The van der Waals surface area contributed by atoms with Gasteiger partial charge >= 0.3 is 6.09 Å². The zero-order valence-corrected chi connectivity index (χ0v) is 12.4. The number of carbonyl (C=O) groups excluding carboxylic acids is 2. The van der Waals surface area contributed by atoms with E-state index in [0.717, 1.165) is 17.6 Å². The molecule has 0 fully saturated rings. The van der Waals surface area contributed by atoms with Gasteiger partial charge in [0.1, 0.15) is 11.9 Å². The lowest BCUT2D eigenvalue weighted by molar-refractivity contribution is -0.109. The second kappa shape index (κ2) is 6.80. The molecule has 0 heterocycles. The van der Waals surface area contributed by atoms with Crippen LogP contribution in [0.3, 0.4) is 0 Å². The minimum atomic E-state index is -0.564. The van der Waals surface area contributed by atoms with E-state index in [1.54, 1.807) is 20.8 Å². The molecule has 0 aromatic heterocycles. The van der Waals surface area contributed by atoms with Crippen LogP contribution in [0.4, 0.5) is 4.79 Å². The van der Waals surface area contributed by atoms with E-state index in [0.29, 0.717) is 6.42 Å². The van der Waals surface area contributed by atoms with Gasteiger partial charge in [0.05, 0.1) is 6.04 Å². The highest BCUT2D eigenvalue weighted by atomic mass is 32.1. The fraction of sp³-hybridized carbons (Fsp3) is 0.571. The summed E-state index contributed by atoms with van der Waals surface area (Å²) in [5.74, 6) is 0.237. The molecule has 0 saturated heterocycles. The van der Waals surface area contributed by atoms with E-state index in [1.807, 2.05) is 18.2 Å². The lowest BCUT2D eigenvalue weighted by atomic mass is 9.94. The number of rotatable bonds is 4. The first-order chi connectivity index (χ1) is 8.80. The number of amides is 1. The number of carbonyl (C=O) groups is 2. The Labute approximate surface area is 119 Å². The van der Waals surface area contributed by atoms with Crippen molar-refractivity contribution in [1.82, 2.24) is 5.32 Å². The molecule has 4 nitrogen and oxygen atoms in total. The van der Waals surface area contributed by atoms with Crippen LogP contribution in [-0.2, 0) is 9.53 Å². The van der Waals surface area contributed by atoms with Crippen LogP contribution in [0.1, 0.15) is 33.6 Å². The van der Waals surface area contributed by atoms with Crippen LogP contribution in [0.15, 0.2) is 23.1 Å². The molecule has 2 atom stereocenters. The number of thiol groups is 1. The van der Waals surface area contributed by atoms with Crippen LogP contribution in [0, 0.1) is 5.92 Å². The van der Waals surface area contributed by atoms with E-state index in [-0.39, 0.29) is 5.92 Å². The summed E-state index contributed by atoms with van der Waals surface area (Å²) in [5, 5.41) is 2.58. The van der Waals surface area contributed by atoms with E-state index < -0.39 is 17.7 Å². The third-order valence-corrected chi connectivity index (χ3v) is 2.92. The van der Waals surface area contributed by atoms with Gasteiger partial charge in [0.2, 0.25) is 0 Å². The molecule has 0 aliphatic heterocycles. The smallest absolute Gasteiger partial charge is 0.408 e. The van der Waals surface area contributed by atoms with Crippen LogP contribution >= 0.6 is 12.6 Å². The topological polar surface area (TPSA) is 55.4 Å². The van der Waals surface area contributed by atoms with Gasteiger partial charge in [0, 0.05) is 0 Å². The average molecular weight is 283 g/mol. The molecule has 106 valence electrons. The monoisotopic (exact) mass is 283 g/mol. The highest BCUT2D eigenvalue weighted by molar-refractivity contribution is 7.84. The molecule has 1 aliphatic carbocycles. The number of hydrogen-bond acceptors (Lipinski definition) is 4. The fourth-order valence-corrected chi connectivity index (χ4v) is 1.95. The molecule has 1 rings (SSSR count). The van der Waals surface area contributed by atoms with Crippen LogP contribution < -0.4 is 5.32 Å². The maximum atomic E-state index is 11.6. The summed E-state index contributed by atoms with van der Waals surface area (Å²) in [6.45, 7) is 5.35. The van der Waals surface area contributed by atoms with Crippen molar-refractivity contribution in [2.24, 2.45) is 5.92 Å². The van der Waals surface area contributed by atoms with Crippen molar-refractivity contribution in [2.75, 3.05) is 0 Å². The SMILES string of the molecule is CC(C)(C)OC(=O)NC(C=O)CC1C=CC(S)=CC1. The highest BCUT2D eigenvalue weighted by Crippen LogP contribution is 2.22. The third-order valence-electron chi connectivity index (χ3n) is 2.59. The normalized spacial score (nSPS) is 20.4. The van der Waals surface area contributed by atoms with E-state index >= 15 is 0 Å². The maximum absolute atomic E-state index is 11.6. The van der Waals surface area contributed by atoms with E-state index in [1.165, 1.54) is 0 Å². The van der Waals surface area contributed by atoms with Crippen molar-refractivity contribution < 1.29 is 14.3 Å². The number of alkyl carbamates (subject to hydrolysis) is 1. The molecule has 5 heteroatoms. The molecule has 0 bridgehead atoms. The van der Waals surface area contributed by atoms with Gasteiger partial charge in [-0.15, -0.1) is 12.6 Å². The zero-order valence-electron chi connectivity index (χ0n) is 11.6. The van der Waals surface area contributed by atoms with E-state index in [4.69, 9.17) is 4.74 Å². The van der Waals surface area contributed by atoms with Crippen LogP contribution in [0.2, 0.25) is 0 Å². The minimum Gasteiger partial charge on any atom is -0.444 e. The van der Waals surface area contributed by atoms with Gasteiger partial charge in [0.15, 0.2) is 0 Å². The van der Waals surface area contributed by atoms with E-state index in [2.05, 4.69) is 17.9 Å². The molecule has 1 aliphatic rings. The van der Waals surface area contributed by atoms with Crippen molar-refractivity contribution in [2.45, 2.75) is 45.3 Å². The molecule has 0 aromatic carbocycles. The van der Waals surface area contributed by atoms with Crippen LogP contribution in [-0.4, -0.2) is 24.0 Å². The van der Waals surface area contributed by atoms with Gasteiger partial charge in [0.25, 0.3) is 0 Å². The number of hydrogen-bond donors (Lipinski definition) is 2. The van der Waals surface area contributed by atoms with Crippen molar-refractivity contribution in [3.05, 3.63) is 23.1 Å². The third kappa shape index (κ3) is 6.47. The highest BCUT2D eigenvalue weighted by Gasteiger charge is 2.21. The standard InChI is InChI=1S/C14H21NO3S/c1-14(2,3)18-13(17)15-11(9-16)8-10-4-6-12(19)7-5-10/h4,6-7,9-11,19H,5,8H2,1-3H3,(H,15,17). The Morgan fingerprint density at radius 3 is 2.79 bits per heavy atom. The largest absolute Gasteiger partial charge is 0.444 e. The van der Waals surface area contributed by atoms with Crippen molar-refractivity contribution in [3.63, 3.8) is 0 Å². The minimum absolute atomic E-state index is 0.237. The average Bonchev–Trinajstić information content (AvgIpc) is 2.28. The lowest BCUT2D eigenvalue weighted by Gasteiger charge is -2.23. The van der Waals surface area contributed by atoms with E-state index in [9.17, 15) is 9.59 Å².